The van der Waals surface area contributed by atoms with E-state index in [9.17, 15) is 4.79 Å². The molecular weight excluding hydrogens is 296 g/mol. The van der Waals surface area contributed by atoms with Gasteiger partial charge < -0.3 is 4.90 Å². The fourth-order valence-corrected chi connectivity index (χ4v) is 3.90. The fraction of sp³-hybridized carbons (Fsp3) is 0.500. The van der Waals surface area contributed by atoms with Crippen LogP contribution in [0, 0.1) is 13.8 Å². The highest BCUT2D eigenvalue weighted by Crippen LogP contribution is 2.26. The van der Waals surface area contributed by atoms with E-state index in [0.717, 1.165) is 47.2 Å². The van der Waals surface area contributed by atoms with Crippen LogP contribution in [0.1, 0.15) is 40.0 Å². The number of thiazole rings is 1. The molecule has 0 bridgehead atoms. The Kier molecular flexibility index (Phi) is 4.47. The van der Waals surface area contributed by atoms with Crippen LogP contribution < -0.4 is 0 Å². The van der Waals surface area contributed by atoms with E-state index in [-0.39, 0.29) is 5.91 Å². The van der Waals surface area contributed by atoms with Crippen molar-refractivity contribution < 1.29 is 4.79 Å². The SMILES string of the molecule is Cc1nc(C)c(CC(=O)N2CCC[C@H](c3ccncn3)C2)s1. The third-order valence-corrected chi connectivity index (χ3v) is 5.18. The van der Waals surface area contributed by atoms with Crippen LogP contribution in [-0.2, 0) is 11.2 Å². The Morgan fingerprint density at radius 1 is 1.45 bits per heavy atom. The number of aryl methyl sites for hydroxylation is 2. The zero-order valence-corrected chi connectivity index (χ0v) is 13.8. The van der Waals surface area contributed by atoms with Crippen LogP contribution in [-0.4, -0.2) is 38.8 Å². The highest BCUT2D eigenvalue weighted by molar-refractivity contribution is 7.11. The molecule has 0 aromatic carbocycles. The third-order valence-electron chi connectivity index (χ3n) is 4.11. The van der Waals surface area contributed by atoms with Crippen LogP contribution >= 0.6 is 11.3 Å². The lowest BCUT2D eigenvalue weighted by molar-refractivity contribution is -0.131. The molecule has 5 nitrogen and oxygen atoms in total. The van der Waals surface area contributed by atoms with Gasteiger partial charge in [-0.2, -0.15) is 0 Å². The van der Waals surface area contributed by atoms with E-state index < -0.39 is 0 Å². The molecule has 2 aromatic heterocycles. The Balaban J connectivity index is 1.67. The van der Waals surface area contributed by atoms with Gasteiger partial charge in [0, 0.05) is 35.8 Å². The van der Waals surface area contributed by atoms with E-state index in [4.69, 9.17) is 0 Å². The highest BCUT2D eigenvalue weighted by Gasteiger charge is 2.26. The van der Waals surface area contributed by atoms with E-state index >= 15 is 0 Å². The average Bonchev–Trinajstić information content (AvgIpc) is 2.86. The molecule has 22 heavy (non-hydrogen) atoms. The summed E-state index contributed by atoms with van der Waals surface area (Å²) in [6.07, 6.45) is 5.93. The minimum Gasteiger partial charge on any atom is -0.342 e. The second kappa shape index (κ2) is 6.52. The molecule has 1 saturated heterocycles. The standard InChI is InChI=1S/C16H20N4OS/c1-11-15(22-12(2)19-11)8-16(21)20-7-3-4-13(9-20)14-5-6-17-10-18-14/h5-6,10,13H,3-4,7-9H2,1-2H3/t13-/m0/s1. The number of piperidine rings is 1. The molecule has 1 fully saturated rings. The van der Waals surface area contributed by atoms with E-state index in [0.29, 0.717) is 12.3 Å². The predicted octanol–water partition coefficient (Wildman–Crippen LogP) is 2.50. The lowest BCUT2D eigenvalue weighted by Crippen LogP contribution is -2.40. The molecule has 2 aromatic rings. The van der Waals surface area contributed by atoms with Gasteiger partial charge in [-0.05, 0) is 32.8 Å². The number of carbonyl (C=O) groups excluding carboxylic acids is 1. The monoisotopic (exact) mass is 316 g/mol. The van der Waals surface area contributed by atoms with Crippen molar-refractivity contribution in [3.63, 3.8) is 0 Å². The predicted molar refractivity (Wildman–Crippen MR) is 85.9 cm³/mol. The molecular formula is C16H20N4OS. The van der Waals surface area contributed by atoms with Crippen LogP contribution in [0.2, 0.25) is 0 Å². The number of nitrogens with zero attached hydrogens (tertiary/aromatic N) is 4. The summed E-state index contributed by atoms with van der Waals surface area (Å²) in [5.74, 6) is 0.524. The summed E-state index contributed by atoms with van der Waals surface area (Å²) < 4.78 is 0. The molecule has 0 spiro atoms. The van der Waals surface area contributed by atoms with Crippen LogP contribution in [0.15, 0.2) is 18.6 Å². The molecule has 0 N–H and O–H groups in total. The first-order valence-corrected chi connectivity index (χ1v) is 8.41. The molecule has 3 rings (SSSR count). The first kappa shape index (κ1) is 15.1. The van der Waals surface area contributed by atoms with Crippen LogP contribution in [0.3, 0.4) is 0 Å². The molecule has 6 heteroatoms. The Hall–Kier alpha value is -1.82. The first-order valence-electron chi connectivity index (χ1n) is 7.60. The van der Waals surface area contributed by atoms with Gasteiger partial charge in [0.25, 0.3) is 0 Å². The first-order chi connectivity index (χ1) is 10.6. The van der Waals surface area contributed by atoms with Crippen LogP contribution in [0.4, 0.5) is 0 Å². The number of hydrogen-bond acceptors (Lipinski definition) is 5. The van der Waals surface area contributed by atoms with Crippen molar-refractivity contribution in [2.75, 3.05) is 13.1 Å². The van der Waals surface area contributed by atoms with Crippen molar-refractivity contribution in [3.05, 3.63) is 39.9 Å². The van der Waals surface area contributed by atoms with Crippen LogP contribution in [0.5, 0.6) is 0 Å². The van der Waals surface area contributed by atoms with Gasteiger partial charge in [-0.1, -0.05) is 0 Å². The normalized spacial score (nSPS) is 18.5. The van der Waals surface area contributed by atoms with Gasteiger partial charge >= 0.3 is 0 Å². The molecule has 1 atom stereocenters. The number of likely N-dealkylation sites (tertiary alicyclic amines) is 1. The van der Waals surface area contributed by atoms with Crippen molar-refractivity contribution in [3.8, 4) is 0 Å². The number of hydrogen-bond donors (Lipinski definition) is 0. The van der Waals surface area contributed by atoms with Crippen molar-refractivity contribution >= 4 is 17.2 Å². The molecule has 0 radical (unpaired) electrons. The Bertz CT molecular complexity index is 655. The van der Waals surface area contributed by atoms with E-state index in [2.05, 4.69) is 15.0 Å². The average molecular weight is 316 g/mol. The summed E-state index contributed by atoms with van der Waals surface area (Å²) in [7, 11) is 0. The molecule has 0 unspecified atom stereocenters. The van der Waals surface area contributed by atoms with Gasteiger partial charge in [-0.15, -0.1) is 11.3 Å². The molecule has 0 saturated carbocycles. The summed E-state index contributed by atoms with van der Waals surface area (Å²) in [5.41, 5.74) is 2.03. The second-order valence-electron chi connectivity index (χ2n) is 5.73. The number of amides is 1. The van der Waals surface area contributed by atoms with Crippen molar-refractivity contribution in [2.24, 2.45) is 0 Å². The summed E-state index contributed by atoms with van der Waals surface area (Å²) in [5, 5.41) is 1.03. The molecule has 3 heterocycles. The largest absolute Gasteiger partial charge is 0.342 e. The topological polar surface area (TPSA) is 59.0 Å². The maximum Gasteiger partial charge on any atom is 0.227 e. The molecule has 1 aliphatic rings. The van der Waals surface area contributed by atoms with Gasteiger partial charge in [0.2, 0.25) is 5.91 Å². The maximum atomic E-state index is 12.6. The van der Waals surface area contributed by atoms with E-state index in [1.54, 1.807) is 23.9 Å². The fourth-order valence-electron chi connectivity index (χ4n) is 2.97. The number of rotatable bonds is 3. The Morgan fingerprint density at radius 3 is 3.00 bits per heavy atom. The quantitative estimate of drug-likeness (QED) is 0.873. The van der Waals surface area contributed by atoms with Gasteiger partial charge in [0.15, 0.2) is 0 Å². The molecule has 1 aliphatic heterocycles. The lowest BCUT2D eigenvalue weighted by atomic mass is 9.94. The summed E-state index contributed by atoms with van der Waals surface area (Å²) in [6.45, 7) is 5.56. The van der Waals surface area contributed by atoms with Crippen molar-refractivity contribution in [1.82, 2.24) is 19.9 Å². The highest BCUT2D eigenvalue weighted by atomic mass is 32.1. The van der Waals surface area contributed by atoms with Gasteiger partial charge in [0.1, 0.15) is 6.33 Å². The Labute approximate surface area is 134 Å². The lowest BCUT2D eigenvalue weighted by Gasteiger charge is -2.32. The van der Waals surface area contributed by atoms with E-state index in [1.807, 2.05) is 24.8 Å². The third kappa shape index (κ3) is 3.32. The van der Waals surface area contributed by atoms with Gasteiger partial charge in [0.05, 0.1) is 17.1 Å². The van der Waals surface area contributed by atoms with Crippen LogP contribution in [0.25, 0.3) is 0 Å². The second-order valence-corrected chi connectivity index (χ2v) is 7.02. The summed E-state index contributed by atoms with van der Waals surface area (Å²) in [4.78, 5) is 28.4. The molecule has 1 amide bonds. The zero-order valence-electron chi connectivity index (χ0n) is 13.0. The molecule has 116 valence electrons. The number of carbonyl (C=O) groups is 1. The van der Waals surface area contributed by atoms with Gasteiger partial charge in [-0.3, -0.25) is 4.79 Å². The van der Waals surface area contributed by atoms with Gasteiger partial charge in [-0.25, -0.2) is 15.0 Å². The Morgan fingerprint density at radius 2 is 2.32 bits per heavy atom. The zero-order chi connectivity index (χ0) is 15.5. The minimum atomic E-state index is 0.200. The molecule has 0 aliphatic carbocycles. The minimum absolute atomic E-state index is 0.200. The summed E-state index contributed by atoms with van der Waals surface area (Å²) in [6, 6.07) is 1.95. The van der Waals surface area contributed by atoms with Crippen molar-refractivity contribution in [2.45, 2.75) is 39.0 Å². The van der Waals surface area contributed by atoms with Crippen molar-refractivity contribution in [1.29, 1.82) is 0 Å². The summed E-state index contributed by atoms with van der Waals surface area (Å²) >= 11 is 1.62. The number of aromatic nitrogens is 3. The maximum absolute atomic E-state index is 12.6. The van der Waals surface area contributed by atoms with E-state index in [1.165, 1.54) is 0 Å². The smallest absolute Gasteiger partial charge is 0.227 e.